The van der Waals surface area contributed by atoms with Gasteiger partial charge in [0.1, 0.15) is 0 Å². The van der Waals surface area contributed by atoms with Crippen LogP contribution in [0.15, 0.2) is 30.5 Å². The van der Waals surface area contributed by atoms with E-state index in [0.29, 0.717) is 5.56 Å². The van der Waals surface area contributed by atoms with Crippen molar-refractivity contribution in [3.63, 3.8) is 0 Å². The van der Waals surface area contributed by atoms with Gasteiger partial charge >= 0.3 is 5.97 Å². The number of aromatic nitrogens is 1. The molecule has 0 radical (unpaired) electrons. The molecule has 0 aliphatic heterocycles. The van der Waals surface area contributed by atoms with Crippen LogP contribution in [0, 0.1) is 6.92 Å². The Morgan fingerprint density at radius 1 is 1.38 bits per heavy atom. The van der Waals surface area contributed by atoms with E-state index >= 15 is 0 Å². The Bertz CT molecular complexity index is 471. The predicted octanol–water partition coefficient (Wildman–Crippen LogP) is 1.95. The van der Waals surface area contributed by atoms with Crippen molar-refractivity contribution in [3.05, 3.63) is 41.7 Å². The molecular weight excluding hydrogens is 166 g/mol. The van der Waals surface area contributed by atoms with Gasteiger partial charge in [0.2, 0.25) is 0 Å². The summed E-state index contributed by atoms with van der Waals surface area (Å²) >= 11 is 0. The van der Waals surface area contributed by atoms with E-state index in [9.17, 15) is 4.79 Å². The zero-order chi connectivity index (χ0) is 9.42. The van der Waals surface area contributed by atoms with Crippen molar-refractivity contribution in [2.75, 3.05) is 0 Å². The largest absolute Gasteiger partial charge is 0.478 e. The first-order chi connectivity index (χ1) is 6.20. The Labute approximate surface area is 75.2 Å². The normalized spacial score (nSPS) is 10.5. The summed E-state index contributed by atoms with van der Waals surface area (Å²) in [5, 5.41) is 8.88. The van der Waals surface area contributed by atoms with Crippen LogP contribution < -0.4 is 0 Å². The van der Waals surface area contributed by atoms with Gasteiger partial charge in [0.25, 0.3) is 0 Å². The van der Waals surface area contributed by atoms with Gasteiger partial charge in [-0.1, -0.05) is 0 Å². The first-order valence-corrected chi connectivity index (χ1v) is 4.00. The summed E-state index contributed by atoms with van der Waals surface area (Å²) in [5.41, 5.74) is 2.12. The van der Waals surface area contributed by atoms with Gasteiger partial charge in [-0.25, -0.2) is 4.79 Å². The number of hydrogen-bond donors (Lipinski definition) is 1. The van der Waals surface area contributed by atoms with Crippen LogP contribution in [0.4, 0.5) is 0 Å². The second-order valence-electron chi connectivity index (χ2n) is 2.96. The molecule has 0 spiro atoms. The van der Waals surface area contributed by atoms with Crippen LogP contribution in [-0.4, -0.2) is 15.5 Å². The lowest BCUT2D eigenvalue weighted by molar-refractivity contribution is 0.0698. The smallest absolute Gasteiger partial charge is 0.337 e. The summed E-state index contributed by atoms with van der Waals surface area (Å²) in [6, 6.07) is 7.08. The fourth-order valence-electron chi connectivity index (χ4n) is 1.46. The van der Waals surface area contributed by atoms with Crippen LogP contribution in [-0.2, 0) is 0 Å². The highest BCUT2D eigenvalue weighted by molar-refractivity contribution is 5.95. The van der Waals surface area contributed by atoms with E-state index in [4.69, 9.17) is 5.11 Å². The van der Waals surface area contributed by atoms with Gasteiger partial charge in [-0.15, -0.1) is 0 Å². The number of carboxylic acids is 1. The lowest BCUT2D eigenvalue weighted by Gasteiger charge is -2.03. The molecule has 0 saturated carbocycles. The lowest BCUT2D eigenvalue weighted by Crippen LogP contribution is -2.00. The van der Waals surface area contributed by atoms with E-state index in [0.717, 1.165) is 11.2 Å². The summed E-state index contributed by atoms with van der Waals surface area (Å²) in [6.07, 6.45) is 1.86. The van der Waals surface area contributed by atoms with Crippen LogP contribution >= 0.6 is 0 Å². The monoisotopic (exact) mass is 175 g/mol. The number of rotatable bonds is 1. The minimum atomic E-state index is -0.885. The summed E-state index contributed by atoms with van der Waals surface area (Å²) in [7, 11) is 0. The van der Waals surface area contributed by atoms with Crippen LogP contribution in [0.3, 0.4) is 0 Å². The molecule has 2 rings (SSSR count). The van der Waals surface area contributed by atoms with Crippen molar-refractivity contribution in [1.29, 1.82) is 0 Å². The molecule has 0 fully saturated rings. The molecule has 0 amide bonds. The minimum absolute atomic E-state index is 0.343. The predicted molar refractivity (Wildman–Crippen MR) is 49.1 cm³/mol. The SMILES string of the molecule is Cc1ccc(C(=O)O)c2cccn12. The molecule has 2 aromatic heterocycles. The van der Waals surface area contributed by atoms with Crippen LogP contribution in [0.1, 0.15) is 16.1 Å². The van der Waals surface area contributed by atoms with Crippen molar-refractivity contribution < 1.29 is 9.90 Å². The lowest BCUT2D eigenvalue weighted by atomic mass is 10.2. The summed E-state index contributed by atoms with van der Waals surface area (Å²) < 4.78 is 1.86. The molecule has 0 aliphatic rings. The molecule has 2 aromatic rings. The van der Waals surface area contributed by atoms with Gasteiger partial charge < -0.3 is 9.51 Å². The van der Waals surface area contributed by atoms with Crippen molar-refractivity contribution in [3.8, 4) is 0 Å². The molecule has 0 saturated heterocycles. The first-order valence-electron chi connectivity index (χ1n) is 4.00. The number of carboxylic acid groups (broad SMARTS) is 1. The second-order valence-corrected chi connectivity index (χ2v) is 2.96. The van der Waals surface area contributed by atoms with Gasteiger partial charge in [0.15, 0.2) is 0 Å². The molecule has 0 unspecified atom stereocenters. The number of nitrogens with zero attached hydrogens (tertiary/aromatic N) is 1. The fraction of sp³-hybridized carbons (Fsp3) is 0.100. The minimum Gasteiger partial charge on any atom is -0.478 e. The van der Waals surface area contributed by atoms with Gasteiger partial charge in [-0.3, -0.25) is 0 Å². The maximum absolute atomic E-state index is 10.8. The van der Waals surface area contributed by atoms with Crippen molar-refractivity contribution in [1.82, 2.24) is 4.40 Å². The van der Waals surface area contributed by atoms with Crippen LogP contribution in [0.5, 0.6) is 0 Å². The number of carbonyl (C=O) groups is 1. The molecule has 2 heterocycles. The number of pyridine rings is 1. The quantitative estimate of drug-likeness (QED) is 0.719. The number of hydrogen-bond acceptors (Lipinski definition) is 1. The van der Waals surface area contributed by atoms with Crippen molar-refractivity contribution in [2.24, 2.45) is 0 Å². The molecule has 3 nitrogen and oxygen atoms in total. The average molecular weight is 175 g/mol. The standard InChI is InChI=1S/C10H9NO2/c1-7-4-5-8(10(12)13)9-3-2-6-11(7)9/h2-6H,1H3,(H,12,13). The molecule has 0 bridgehead atoms. The average Bonchev–Trinajstić information content (AvgIpc) is 2.53. The van der Waals surface area contributed by atoms with E-state index in [1.54, 1.807) is 18.2 Å². The maximum Gasteiger partial charge on any atom is 0.337 e. The highest BCUT2D eigenvalue weighted by Gasteiger charge is 2.08. The fourth-order valence-corrected chi connectivity index (χ4v) is 1.46. The Balaban J connectivity index is 2.86. The Morgan fingerprint density at radius 2 is 2.15 bits per heavy atom. The number of fused-ring (bicyclic) bond motifs is 1. The Morgan fingerprint density at radius 3 is 2.85 bits per heavy atom. The summed E-state index contributed by atoms with van der Waals surface area (Å²) in [4.78, 5) is 10.8. The zero-order valence-electron chi connectivity index (χ0n) is 7.19. The molecular formula is C10H9NO2. The van der Waals surface area contributed by atoms with E-state index in [-0.39, 0.29) is 0 Å². The first kappa shape index (κ1) is 7.86. The van der Waals surface area contributed by atoms with Crippen molar-refractivity contribution in [2.45, 2.75) is 6.92 Å². The summed E-state index contributed by atoms with van der Waals surface area (Å²) in [5.74, 6) is -0.885. The molecule has 0 aromatic carbocycles. The Kier molecular flexibility index (Phi) is 1.59. The van der Waals surface area contributed by atoms with Gasteiger partial charge in [-0.05, 0) is 31.2 Å². The van der Waals surface area contributed by atoms with Crippen LogP contribution in [0.2, 0.25) is 0 Å². The van der Waals surface area contributed by atoms with Gasteiger partial charge in [0.05, 0.1) is 11.1 Å². The Hall–Kier alpha value is -1.77. The molecule has 0 aliphatic carbocycles. The van der Waals surface area contributed by atoms with E-state index in [2.05, 4.69) is 0 Å². The zero-order valence-corrected chi connectivity index (χ0v) is 7.19. The third kappa shape index (κ3) is 1.09. The highest BCUT2D eigenvalue weighted by atomic mass is 16.4. The van der Waals surface area contributed by atoms with Crippen molar-refractivity contribution >= 4 is 11.5 Å². The third-order valence-electron chi connectivity index (χ3n) is 2.13. The van der Waals surface area contributed by atoms with E-state index in [1.807, 2.05) is 23.6 Å². The van der Waals surface area contributed by atoms with E-state index in [1.165, 1.54) is 0 Å². The third-order valence-corrected chi connectivity index (χ3v) is 2.13. The second kappa shape index (κ2) is 2.62. The van der Waals surface area contributed by atoms with Crippen LogP contribution in [0.25, 0.3) is 5.52 Å². The molecule has 1 N–H and O–H groups in total. The molecule has 0 atom stereocenters. The maximum atomic E-state index is 10.8. The molecule has 3 heteroatoms. The number of aryl methyl sites for hydroxylation is 1. The number of aromatic carboxylic acids is 1. The highest BCUT2D eigenvalue weighted by Crippen LogP contribution is 2.14. The van der Waals surface area contributed by atoms with E-state index < -0.39 is 5.97 Å². The van der Waals surface area contributed by atoms with Gasteiger partial charge in [-0.2, -0.15) is 0 Å². The molecule has 13 heavy (non-hydrogen) atoms. The van der Waals surface area contributed by atoms with Gasteiger partial charge in [0, 0.05) is 11.9 Å². The summed E-state index contributed by atoms with van der Waals surface area (Å²) in [6.45, 7) is 1.94. The molecule has 66 valence electrons. The topological polar surface area (TPSA) is 41.7 Å².